The average molecular weight is 227 g/mol. The van der Waals surface area contributed by atoms with Gasteiger partial charge in [0.15, 0.2) is 0 Å². The summed E-state index contributed by atoms with van der Waals surface area (Å²) in [5, 5.41) is 8.57. The maximum Gasteiger partial charge on any atom is 0.320 e. The van der Waals surface area contributed by atoms with Crippen molar-refractivity contribution in [3.8, 4) is 0 Å². The maximum absolute atomic E-state index is 10.6. The quantitative estimate of drug-likeness (QED) is 0.633. The van der Waals surface area contributed by atoms with E-state index in [0.717, 1.165) is 0 Å². The smallest absolute Gasteiger partial charge is 0.320 e. The van der Waals surface area contributed by atoms with Gasteiger partial charge in [-0.2, -0.15) is 0 Å². The number of rotatable bonds is 5. The van der Waals surface area contributed by atoms with Crippen LogP contribution in [0.3, 0.4) is 0 Å². The van der Waals surface area contributed by atoms with Crippen molar-refractivity contribution in [1.82, 2.24) is 0 Å². The first-order chi connectivity index (χ1) is 7.60. The topological polar surface area (TPSA) is 89.3 Å². The number of aliphatic carboxylic acids is 1. The molecule has 0 fully saturated rings. The molecule has 12 heavy (non-hydrogen) atoms. The van der Waals surface area contributed by atoms with E-state index in [4.69, 9.17) is 27.5 Å². The van der Waals surface area contributed by atoms with Gasteiger partial charge in [0.2, 0.25) is 0 Å². The van der Waals surface area contributed by atoms with Gasteiger partial charge in [0.25, 0.3) is 0 Å². The molecule has 5 N–H and O–H groups in total. The van der Waals surface area contributed by atoms with Gasteiger partial charge >= 0.3 is 5.97 Å². The summed E-state index contributed by atoms with van der Waals surface area (Å²) in [6.07, 6.45) is -10.4. The van der Waals surface area contributed by atoms with E-state index in [1.807, 2.05) is 0 Å². The van der Waals surface area contributed by atoms with Crippen molar-refractivity contribution in [3.05, 3.63) is 0 Å². The van der Waals surface area contributed by atoms with Crippen molar-refractivity contribution in [1.29, 1.82) is 0 Å². The highest BCUT2D eigenvalue weighted by Crippen LogP contribution is 1.96. The highest BCUT2D eigenvalue weighted by molar-refractivity contribution is 5.85. The third-order valence-electron chi connectivity index (χ3n) is 0.628. The summed E-state index contributed by atoms with van der Waals surface area (Å²) in [5.41, 5.74) is 9.81. The number of hydrogen-bond acceptors (Lipinski definition) is 3. The zero-order valence-electron chi connectivity index (χ0n) is 13.9. The van der Waals surface area contributed by atoms with E-state index in [9.17, 15) is 4.79 Å². The molecular weight excluding hydrogens is 203 g/mol. The molecule has 4 nitrogen and oxygen atoms in total. The third kappa shape index (κ3) is 9.97. The van der Waals surface area contributed by atoms with Crippen LogP contribution in [0.15, 0.2) is 0 Å². The Kier molecular flexibility index (Phi) is 4.57. The summed E-state index contributed by atoms with van der Waals surface area (Å²) < 4.78 is 57.9. The molecule has 0 amide bonds. The fourth-order valence-electron chi connectivity index (χ4n) is 0.212. The number of halogens is 2. The van der Waals surface area contributed by atoms with Crippen LogP contribution >= 0.6 is 24.8 Å². The second kappa shape index (κ2) is 11.0. The van der Waals surface area contributed by atoms with E-state index in [1.54, 1.807) is 0 Å². The molecule has 0 aromatic heterocycles. The second-order valence-electron chi connectivity index (χ2n) is 1.35. The molecule has 0 aliphatic carbocycles. The number of carboxylic acids is 1. The first kappa shape index (κ1) is 5.00. The summed E-state index contributed by atoms with van der Waals surface area (Å²) in [6, 6.07) is -2.37. The molecule has 0 aliphatic heterocycles. The molecule has 0 aromatic carbocycles. The predicted molar refractivity (Wildman–Crippen MR) is 53.0 cm³/mol. The van der Waals surface area contributed by atoms with Crippen LogP contribution in [0.4, 0.5) is 0 Å². The molecule has 0 radical (unpaired) electrons. The van der Waals surface area contributed by atoms with Crippen LogP contribution in [-0.2, 0) is 4.79 Å². The summed E-state index contributed by atoms with van der Waals surface area (Å²) in [5.74, 6) is -1.88. The monoisotopic (exact) mass is 226 g/mol. The molecule has 76 valence electrons. The Morgan fingerprint density at radius 2 is 2.00 bits per heavy atom. The van der Waals surface area contributed by atoms with Gasteiger partial charge in [-0.15, -0.1) is 24.8 Å². The third-order valence-corrected chi connectivity index (χ3v) is 0.628. The van der Waals surface area contributed by atoms with Gasteiger partial charge in [0.05, 0.1) is 0 Å². The summed E-state index contributed by atoms with van der Waals surface area (Å²) in [6.45, 7) is -3.22. The minimum atomic E-state index is -3.56. The zero-order chi connectivity index (χ0) is 15.2. The Bertz CT molecular complexity index is 348. The molecule has 0 heterocycles. The van der Waals surface area contributed by atoms with E-state index in [-0.39, 0.29) is 24.8 Å². The van der Waals surface area contributed by atoms with Crippen LogP contribution in [0.25, 0.3) is 0 Å². The summed E-state index contributed by atoms with van der Waals surface area (Å²) in [7, 11) is 0. The Labute approximate surface area is 95.7 Å². The van der Waals surface area contributed by atoms with E-state index in [0.29, 0.717) is 0 Å². The van der Waals surface area contributed by atoms with Crippen molar-refractivity contribution < 1.29 is 20.9 Å². The molecule has 6 heteroatoms. The van der Waals surface area contributed by atoms with E-state index < -0.39 is 37.6 Å². The van der Waals surface area contributed by atoms with Crippen molar-refractivity contribution in [2.75, 3.05) is 6.50 Å². The lowest BCUT2D eigenvalue weighted by atomic mass is 10.1. The van der Waals surface area contributed by atoms with E-state index >= 15 is 0 Å². The van der Waals surface area contributed by atoms with Crippen LogP contribution in [0.1, 0.15) is 30.1 Å². The molecule has 0 saturated carbocycles. The van der Waals surface area contributed by atoms with Gasteiger partial charge in [0.1, 0.15) is 6.04 Å². The maximum atomic E-state index is 10.6. The largest absolute Gasteiger partial charge is 0.480 e. The van der Waals surface area contributed by atoms with Crippen LogP contribution in [0.5, 0.6) is 0 Å². The fourth-order valence-corrected chi connectivity index (χ4v) is 0.212. The first-order valence-electron chi connectivity index (χ1n) is 6.38. The zero-order valence-corrected chi connectivity index (χ0v) is 7.54. The van der Waals surface area contributed by atoms with Crippen molar-refractivity contribution >= 4 is 30.8 Å². The summed E-state index contributed by atoms with van der Waals surface area (Å²) in [4.78, 5) is 10.6. The predicted octanol–water partition coefficient (Wildman–Crippen LogP) is 0.371. The lowest BCUT2D eigenvalue weighted by molar-refractivity contribution is -0.138. The normalized spacial score (nSPS) is 25.5. The average Bonchev–Trinajstić information content (AvgIpc) is 2.13. The molecule has 0 unspecified atom stereocenters. The van der Waals surface area contributed by atoms with Crippen molar-refractivity contribution in [2.45, 2.75) is 25.2 Å². The van der Waals surface area contributed by atoms with Gasteiger partial charge in [-0.25, -0.2) is 0 Å². The second-order valence-corrected chi connectivity index (χ2v) is 1.35. The fraction of sp³-hybridized carbons (Fsp3) is 0.833. The number of carbonyl (C=O) groups is 1. The number of hydrogen-bond donors (Lipinski definition) is 3. The Morgan fingerprint density at radius 3 is 2.33 bits per heavy atom. The van der Waals surface area contributed by atoms with Crippen LogP contribution in [0.2, 0.25) is 0 Å². The molecule has 0 bridgehead atoms. The minimum absolute atomic E-state index is 0. The lowest BCUT2D eigenvalue weighted by Gasteiger charge is -2.03. The summed E-state index contributed by atoms with van der Waals surface area (Å²) >= 11 is 0. The molecule has 0 saturated heterocycles. The Hall–Kier alpha value is -0.0300. The molecule has 0 spiro atoms. The van der Waals surface area contributed by atoms with E-state index in [2.05, 4.69) is 0 Å². The van der Waals surface area contributed by atoms with E-state index in [1.165, 1.54) is 0 Å². The number of carboxylic acid groups (broad SMARTS) is 1. The lowest BCUT2D eigenvalue weighted by Crippen LogP contribution is -2.29. The van der Waals surface area contributed by atoms with Gasteiger partial charge < -0.3 is 16.6 Å². The molecule has 0 aromatic rings. The SMILES string of the molecule is Cl.Cl.[2H]C([2H])(N)C([2H])([2H])C([2H])([2H])C([2H])([2H])[C@@H](N)C(=O)O. The first-order valence-corrected chi connectivity index (χ1v) is 2.38. The van der Waals surface area contributed by atoms with Gasteiger partial charge in [-0.05, 0) is 19.2 Å². The Balaban J connectivity index is -0.00000144. The van der Waals surface area contributed by atoms with Gasteiger partial charge in [0, 0.05) is 11.0 Å². The highest BCUT2D eigenvalue weighted by atomic mass is 35.5. The Morgan fingerprint density at radius 1 is 1.50 bits per heavy atom. The van der Waals surface area contributed by atoms with Gasteiger partial charge in [-0.3, -0.25) is 4.79 Å². The molecule has 0 aliphatic rings. The molecular formula is C6H16Cl2N2O2. The standard InChI is InChI=1S/C6H14N2O2.2ClH/c7-4-2-1-3-5(8)6(9)10;;/h5H,1-4,7-8H2,(H,9,10);2*1H/t5-;;/m1../s1/i1D2,2D2,3D2,4D2;;. The minimum Gasteiger partial charge on any atom is -0.480 e. The van der Waals surface area contributed by atoms with Crippen molar-refractivity contribution in [2.24, 2.45) is 11.5 Å². The van der Waals surface area contributed by atoms with Crippen LogP contribution in [-0.4, -0.2) is 23.6 Å². The van der Waals surface area contributed by atoms with Crippen molar-refractivity contribution in [3.63, 3.8) is 0 Å². The van der Waals surface area contributed by atoms with Gasteiger partial charge in [-0.1, -0.05) is 6.37 Å². The van der Waals surface area contributed by atoms with Crippen LogP contribution < -0.4 is 11.5 Å². The van der Waals surface area contributed by atoms with Crippen LogP contribution in [0, 0.1) is 0 Å². The molecule has 0 rings (SSSR count). The highest BCUT2D eigenvalue weighted by Gasteiger charge is 2.09. The molecule has 1 atom stereocenters. The number of nitrogens with two attached hydrogens (primary N) is 2.